The Labute approximate surface area is 340 Å². The maximum atomic E-state index is 6.71. The number of benzene rings is 6. The van der Waals surface area contributed by atoms with E-state index in [1.165, 1.54) is 22.3 Å². The van der Waals surface area contributed by atoms with Crippen LogP contribution < -0.4 is 4.74 Å². The van der Waals surface area contributed by atoms with E-state index in [4.69, 9.17) is 24.7 Å². The predicted octanol–water partition coefficient (Wildman–Crippen LogP) is 13.0. The van der Waals surface area contributed by atoms with Crippen LogP contribution in [-0.2, 0) is 16.2 Å². The zero-order chi connectivity index (χ0) is 39.8. The molecule has 1 spiro atoms. The van der Waals surface area contributed by atoms with Gasteiger partial charge in [0.15, 0.2) is 17.5 Å². The summed E-state index contributed by atoms with van der Waals surface area (Å²) in [7, 11) is 0. The van der Waals surface area contributed by atoms with E-state index < -0.39 is 5.41 Å². The summed E-state index contributed by atoms with van der Waals surface area (Å²) in [5, 5.41) is 0. The summed E-state index contributed by atoms with van der Waals surface area (Å²) in [5.74, 6) is 3.51. The Balaban J connectivity index is 1.13. The number of aromatic nitrogens is 4. The van der Waals surface area contributed by atoms with Crippen molar-refractivity contribution in [2.45, 2.75) is 57.8 Å². The summed E-state index contributed by atoms with van der Waals surface area (Å²) in [6.45, 7) is 13.3. The van der Waals surface area contributed by atoms with Gasteiger partial charge in [-0.05, 0) is 58.1 Å². The highest BCUT2D eigenvalue weighted by Crippen LogP contribution is 2.62. The van der Waals surface area contributed by atoms with Crippen LogP contribution >= 0.6 is 0 Å². The van der Waals surface area contributed by atoms with E-state index >= 15 is 0 Å². The van der Waals surface area contributed by atoms with Crippen LogP contribution in [0.15, 0.2) is 158 Å². The van der Waals surface area contributed by atoms with Crippen LogP contribution in [-0.4, -0.2) is 19.9 Å². The maximum Gasteiger partial charge on any atom is 0.164 e. The van der Waals surface area contributed by atoms with Gasteiger partial charge in [0, 0.05) is 49.9 Å². The molecule has 5 heteroatoms. The lowest BCUT2D eigenvalue weighted by Crippen LogP contribution is -2.32. The summed E-state index contributed by atoms with van der Waals surface area (Å²) in [6, 6.07) is 55.5. The van der Waals surface area contributed by atoms with E-state index in [0.29, 0.717) is 17.5 Å². The lowest BCUT2D eigenvalue weighted by molar-refractivity contribution is 0.436. The van der Waals surface area contributed by atoms with E-state index in [1.54, 1.807) is 0 Å². The van der Waals surface area contributed by atoms with Crippen LogP contribution in [0.1, 0.15) is 75.2 Å². The largest absolute Gasteiger partial charge is 0.457 e. The number of fused-ring (bicyclic) bond motifs is 9. The fourth-order valence-corrected chi connectivity index (χ4v) is 8.83. The number of hydrogen-bond donors (Lipinski definition) is 0. The van der Waals surface area contributed by atoms with Crippen molar-refractivity contribution >= 4 is 0 Å². The van der Waals surface area contributed by atoms with Crippen LogP contribution in [0, 0.1) is 0 Å². The molecule has 2 aliphatic rings. The molecular weight excluding hydrogens is 709 g/mol. The molecule has 282 valence electrons. The van der Waals surface area contributed by atoms with E-state index in [9.17, 15) is 0 Å². The lowest BCUT2D eigenvalue weighted by atomic mass is 9.66. The van der Waals surface area contributed by atoms with Crippen molar-refractivity contribution in [1.29, 1.82) is 0 Å². The van der Waals surface area contributed by atoms with Gasteiger partial charge in [-0.1, -0.05) is 169 Å². The second-order valence-corrected chi connectivity index (χ2v) is 17.5. The quantitative estimate of drug-likeness (QED) is 0.179. The van der Waals surface area contributed by atoms with Crippen molar-refractivity contribution in [1.82, 2.24) is 19.9 Å². The molecule has 3 heterocycles. The summed E-state index contributed by atoms with van der Waals surface area (Å²) < 4.78 is 6.71. The maximum absolute atomic E-state index is 6.71. The molecule has 1 aliphatic heterocycles. The van der Waals surface area contributed by atoms with Crippen molar-refractivity contribution in [2.75, 3.05) is 0 Å². The molecule has 10 rings (SSSR count). The van der Waals surface area contributed by atoms with Gasteiger partial charge in [-0.15, -0.1) is 0 Å². The molecule has 0 N–H and O–H groups in total. The molecule has 5 nitrogen and oxygen atoms in total. The van der Waals surface area contributed by atoms with Gasteiger partial charge in [0.05, 0.1) is 11.1 Å². The van der Waals surface area contributed by atoms with E-state index in [0.717, 1.165) is 61.8 Å². The molecule has 0 radical (unpaired) electrons. The molecule has 6 aromatic carbocycles. The smallest absolute Gasteiger partial charge is 0.164 e. The van der Waals surface area contributed by atoms with Crippen molar-refractivity contribution in [3.8, 4) is 67.9 Å². The second-order valence-electron chi connectivity index (χ2n) is 17.5. The molecule has 58 heavy (non-hydrogen) atoms. The number of pyridine rings is 1. The topological polar surface area (TPSA) is 60.8 Å². The number of ether oxygens (including phenoxy) is 1. The average Bonchev–Trinajstić information content (AvgIpc) is 3.53. The highest BCUT2D eigenvalue weighted by Gasteiger charge is 2.51. The number of hydrogen-bond acceptors (Lipinski definition) is 5. The standard InChI is InChI=1S/C53H44N4O/c1-51(2,3)46-31-29-37(47(54-46)52(4,5)6)33-24-26-35(27-25-33)49-55-48(34-16-8-7-9-17-34)56-50(57-49)36-28-30-45-43(32-36)53(42-22-14-15-23-44(42)58-45)40-20-12-10-18-38(40)39-19-11-13-21-41(39)53/h7-32H,1-6H3. The van der Waals surface area contributed by atoms with Gasteiger partial charge in [0.25, 0.3) is 0 Å². The highest BCUT2D eigenvalue weighted by atomic mass is 16.5. The first-order chi connectivity index (χ1) is 28.0. The summed E-state index contributed by atoms with van der Waals surface area (Å²) in [5.41, 5.74) is 13.5. The molecule has 0 unspecified atom stereocenters. The molecule has 0 amide bonds. The van der Waals surface area contributed by atoms with Gasteiger partial charge in [-0.3, -0.25) is 4.98 Å². The van der Waals surface area contributed by atoms with Crippen LogP contribution in [0.3, 0.4) is 0 Å². The zero-order valence-corrected chi connectivity index (χ0v) is 33.7. The third-order valence-electron chi connectivity index (χ3n) is 11.6. The highest BCUT2D eigenvalue weighted by molar-refractivity contribution is 5.89. The van der Waals surface area contributed by atoms with Gasteiger partial charge in [-0.25, -0.2) is 15.0 Å². The van der Waals surface area contributed by atoms with Crippen LogP contribution in [0.5, 0.6) is 11.5 Å². The van der Waals surface area contributed by atoms with Gasteiger partial charge in [0.2, 0.25) is 0 Å². The van der Waals surface area contributed by atoms with Crippen LogP contribution in [0.2, 0.25) is 0 Å². The predicted molar refractivity (Wildman–Crippen MR) is 234 cm³/mol. The molecule has 0 saturated heterocycles. The Bertz CT molecular complexity index is 2840. The fourth-order valence-electron chi connectivity index (χ4n) is 8.83. The van der Waals surface area contributed by atoms with Crippen molar-refractivity contribution in [2.24, 2.45) is 0 Å². The zero-order valence-electron chi connectivity index (χ0n) is 33.7. The lowest BCUT2D eigenvalue weighted by Gasteiger charge is -2.39. The first-order valence-electron chi connectivity index (χ1n) is 20.1. The van der Waals surface area contributed by atoms with Gasteiger partial charge in [0.1, 0.15) is 11.5 Å². The summed E-state index contributed by atoms with van der Waals surface area (Å²) >= 11 is 0. The minimum atomic E-state index is -0.590. The number of para-hydroxylation sites is 1. The first kappa shape index (κ1) is 35.7. The van der Waals surface area contributed by atoms with Crippen molar-refractivity contribution in [3.63, 3.8) is 0 Å². The SMILES string of the molecule is CC(C)(C)c1ccc(-c2ccc(-c3nc(-c4ccccc4)nc(-c4ccc5c(c4)C4(c6ccccc6O5)c5ccccc5-c5ccccc54)n3)cc2)c(C(C)(C)C)n1. The van der Waals surface area contributed by atoms with E-state index in [-0.39, 0.29) is 10.8 Å². The minimum Gasteiger partial charge on any atom is -0.457 e. The third kappa shape index (κ3) is 5.67. The molecular formula is C53H44N4O. The summed E-state index contributed by atoms with van der Waals surface area (Å²) in [6.07, 6.45) is 0. The molecule has 0 atom stereocenters. The van der Waals surface area contributed by atoms with Crippen LogP contribution in [0.4, 0.5) is 0 Å². The van der Waals surface area contributed by atoms with E-state index in [1.807, 2.05) is 36.4 Å². The van der Waals surface area contributed by atoms with Crippen molar-refractivity contribution < 1.29 is 4.74 Å². The normalized spacial score (nSPS) is 13.6. The Morgan fingerprint density at radius 3 is 1.50 bits per heavy atom. The third-order valence-corrected chi connectivity index (χ3v) is 11.6. The van der Waals surface area contributed by atoms with Gasteiger partial charge >= 0.3 is 0 Å². The van der Waals surface area contributed by atoms with Gasteiger partial charge in [-0.2, -0.15) is 0 Å². The summed E-state index contributed by atoms with van der Waals surface area (Å²) in [4.78, 5) is 20.7. The molecule has 0 saturated carbocycles. The van der Waals surface area contributed by atoms with Gasteiger partial charge < -0.3 is 4.74 Å². The number of nitrogens with zero attached hydrogens (tertiary/aromatic N) is 4. The Morgan fingerprint density at radius 2 is 0.879 bits per heavy atom. The Hall–Kier alpha value is -6.72. The fraction of sp³-hybridized carbons (Fsp3) is 0.170. The minimum absolute atomic E-state index is 0.0442. The molecule has 0 bridgehead atoms. The Kier molecular flexibility index (Phi) is 8.10. The molecule has 1 aliphatic carbocycles. The van der Waals surface area contributed by atoms with Crippen molar-refractivity contribution in [3.05, 3.63) is 191 Å². The molecule has 2 aromatic heterocycles. The second kappa shape index (κ2) is 13.2. The van der Waals surface area contributed by atoms with E-state index in [2.05, 4.69) is 163 Å². The average molecular weight is 753 g/mol. The van der Waals surface area contributed by atoms with Crippen LogP contribution in [0.25, 0.3) is 56.4 Å². The first-order valence-corrected chi connectivity index (χ1v) is 20.1. The molecule has 8 aromatic rings. The number of rotatable bonds is 4. The molecule has 0 fully saturated rings. The monoisotopic (exact) mass is 752 g/mol. The Morgan fingerprint density at radius 1 is 0.379 bits per heavy atom.